The first-order valence-corrected chi connectivity index (χ1v) is 7.32. The molecule has 20 heavy (non-hydrogen) atoms. The Balaban J connectivity index is 1.78. The Labute approximate surface area is 120 Å². The third-order valence-corrected chi connectivity index (χ3v) is 4.04. The summed E-state index contributed by atoms with van der Waals surface area (Å²) >= 11 is 0. The molecule has 2 aromatic rings. The average molecular weight is 267 g/mol. The van der Waals surface area contributed by atoms with Gasteiger partial charge in [0.1, 0.15) is 5.82 Å². The summed E-state index contributed by atoms with van der Waals surface area (Å²) in [6.45, 7) is 2.17. The molecule has 1 atom stereocenters. The summed E-state index contributed by atoms with van der Waals surface area (Å²) < 4.78 is 0. The van der Waals surface area contributed by atoms with Gasteiger partial charge in [-0.15, -0.1) is 0 Å². The highest BCUT2D eigenvalue weighted by atomic mass is 15.2. The largest absolute Gasteiger partial charge is 0.384 e. The Morgan fingerprint density at radius 2 is 1.95 bits per heavy atom. The molecule has 0 bridgehead atoms. The maximum absolute atomic E-state index is 5.69. The first kappa shape index (κ1) is 13.1. The number of nitrogens with zero attached hydrogens (tertiary/aromatic N) is 2. The van der Waals surface area contributed by atoms with Crippen molar-refractivity contribution < 1.29 is 0 Å². The second-order valence-corrected chi connectivity index (χ2v) is 5.48. The van der Waals surface area contributed by atoms with Gasteiger partial charge in [0.15, 0.2) is 0 Å². The van der Waals surface area contributed by atoms with E-state index in [4.69, 9.17) is 5.73 Å². The van der Waals surface area contributed by atoms with Gasteiger partial charge in [-0.2, -0.15) is 0 Å². The zero-order valence-electron chi connectivity index (χ0n) is 11.7. The molecule has 1 aliphatic heterocycles. The lowest BCUT2D eigenvalue weighted by molar-refractivity contribution is 0.140. The molecule has 1 fully saturated rings. The monoisotopic (exact) mass is 267 g/mol. The number of hydrogen-bond acceptors (Lipinski definition) is 3. The Hall–Kier alpha value is -1.87. The molecule has 104 valence electrons. The molecule has 2 N–H and O–H groups in total. The number of likely N-dealkylation sites (tertiary alicyclic amines) is 1. The third-order valence-electron chi connectivity index (χ3n) is 4.04. The van der Waals surface area contributed by atoms with Crippen LogP contribution in [0.4, 0.5) is 5.82 Å². The van der Waals surface area contributed by atoms with Crippen LogP contribution in [0.25, 0.3) is 0 Å². The summed E-state index contributed by atoms with van der Waals surface area (Å²) in [4.78, 5) is 6.81. The van der Waals surface area contributed by atoms with E-state index in [1.165, 1.54) is 30.4 Å². The van der Waals surface area contributed by atoms with Crippen molar-refractivity contribution in [3.63, 3.8) is 0 Å². The van der Waals surface area contributed by atoms with Gasteiger partial charge in [0.05, 0.1) is 0 Å². The standard InChI is InChI=1S/C17H21N3/c18-17-10-9-15(12-19-17)16-8-4-5-11-20(16)13-14-6-2-1-3-7-14/h1-3,6-7,9-10,12,16H,4-5,8,11,13H2,(H2,18,19)/t16-/m0/s1. The Kier molecular flexibility index (Phi) is 3.97. The molecule has 3 rings (SSSR count). The van der Waals surface area contributed by atoms with E-state index in [1.807, 2.05) is 12.3 Å². The number of rotatable bonds is 3. The van der Waals surface area contributed by atoms with Gasteiger partial charge in [0.2, 0.25) is 0 Å². The Bertz CT molecular complexity index is 536. The number of aromatic nitrogens is 1. The molecular weight excluding hydrogens is 246 g/mol. The van der Waals surface area contributed by atoms with Crippen LogP contribution in [0.3, 0.4) is 0 Å². The van der Waals surface area contributed by atoms with Crippen LogP contribution < -0.4 is 5.73 Å². The highest BCUT2D eigenvalue weighted by Crippen LogP contribution is 2.31. The molecule has 0 spiro atoms. The summed E-state index contributed by atoms with van der Waals surface area (Å²) in [6, 6.07) is 15.2. The summed E-state index contributed by atoms with van der Waals surface area (Å²) in [5.41, 5.74) is 8.35. The maximum Gasteiger partial charge on any atom is 0.123 e. The van der Waals surface area contributed by atoms with Crippen molar-refractivity contribution in [2.45, 2.75) is 31.8 Å². The fourth-order valence-electron chi connectivity index (χ4n) is 2.99. The molecule has 1 saturated heterocycles. The number of piperidine rings is 1. The van der Waals surface area contributed by atoms with Crippen LogP contribution >= 0.6 is 0 Å². The van der Waals surface area contributed by atoms with Crippen molar-refractivity contribution in [3.05, 3.63) is 59.8 Å². The first-order chi connectivity index (χ1) is 9.83. The van der Waals surface area contributed by atoms with Gasteiger partial charge in [-0.1, -0.05) is 42.8 Å². The fourth-order valence-corrected chi connectivity index (χ4v) is 2.99. The van der Waals surface area contributed by atoms with E-state index in [2.05, 4.69) is 46.3 Å². The maximum atomic E-state index is 5.69. The number of nitrogen functional groups attached to an aromatic ring is 1. The van der Waals surface area contributed by atoms with E-state index >= 15 is 0 Å². The second-order valence-electron chi connectivity index (χ2n) is 5.48. The summed E-state index contributed by atoms with van der Waals surface area (Å²) in [5, 5.41) is 0. The molecule has 1 aliphatic rings. The van der Waals surface area contributed by atoms with Gasteiger partial charge >= 0.3 is 0 Å². The lowest BCUT2D eigenvalue weighted by Gasteiger charge is -2.36. The number of hydrogen-bond donors (Lipinski definition) is 1. The quantitative estimate of drug-likeness (QED) is 0.927. The fraction of sp³-hybridized carbons (Fsp3) is 0.353. The summed E-state index contributed by atoms with van der Waals surface area (Å²) in [6.07, 6.45) is 5.72. The molecule has 0 radical (unpaired) electrons. The zero-order valence-corrected chi connectivity index (χ0v) is 11.7. The van der Waals surface area contributed by atoms with Crippen LogP contribution in [0.2, 0.25) is 0 Å². The van der Waals surface area contributed by atoms with E-state index in [0.29, 0.717) is 11.9 Å². The molecule has 2 heterocycles. The van der Waals surface area contributed by atoms with E-state index in [1.54, 1.807) is 0 Å². The van der Waals surface area contributed by atoms with Crippen molar-refractivity contribution in [2.24, 2.45) is 0 Å². The number of nitrogens with two attached hydrogens (primary N) is 1. The minimum atomic E-state index is 0.469. The molecule has 1 aromatic carbocycles. The summed E-state index contributed by atoms with van der Waals surface area (Å²) in [5.74, 6) is 0.596. The van der Waals surface area contributed by atoms with Crippen LogP contribution in [0.1, 0.15) is 36.4 Å². The third kappa shape index (κ3) is 2.99. The zero-order chi connectivity index (χ0) is 13.8. The van der Waals surface area contributed by atoms with Gasteiger partial charge in [0, 0.05) is 18.8 Å². The van der Waals surface area contributed by atoms with Gasteiger partial charge < -0.3 is 5.73 Å². The van der Waals surface area contributed by atoms with Crippen molar-refractivity contribution in [3.8, 4) is 0 Å². The van der Waals surface area contributed by atoms with E-state index in [9.17, 15) is 0 Å². The van der Waals surface area contributed by atoms with Gasteiger partial charge in [-0.05, 0) is 36.6 Å². The molecule has 3 heteroatoms. The molecule has 0 aliphatic carbocycles. The number of anilines is 1. The van der Waals surface area contributed by atoms with Crippen LogP contribution in [-0.4, -0.2) is 16.4 Å². The molecule has 3 nitrogen and oxygen atoms in total. The van der Waals surface area contributed by atoms with Crippen LogP contribution in [0.5, 0.6) is 0 Å². The van der Waals surface area contributed by atoms with E-state index < -0.39 is 0 Å². The normalized spacial score (nSPS) is 19.9. The predicted molar refractivity (Wildman–Crippen MR) is 82.1 cm³/mol. The van der Waals surface area contributed by atoms with Crippen molar-refractivity contribution in [1.29, 1.82) is 0 Å². The average Bonchev–Trinajstić information content (AvgIpc) is 2.50. The minimum Gasteiger partial charge on any atom is -0.384 e. The van der Waals surface area contributed by atoms with Crippen LogP contribution in [0.15, 0.2) is 48.7 Å². The van der Waals surface area contributed by atoms with Gasteiger partial charge in [0.25, 0.3) is 0 Å². The van der Waals surface area contributed by atoms with Gasteiger partial charge in [-0.25, -0.2) is 4.98 Å². The highest BCUT2D eigenvalue weighted by Gasteiger charge is 2.24. The molecule has 0 unspecified atom stereocenters. The van der Waals surface area contributed by atoms with E-state index in [-0.39, 0.29) is 0 Å². The number of benzene rings is 1. The SMILES string of the molecule is Nc1ccc([C@@H]2CCCCN2Cc2ccccc2)cn1. The van der Waals surface area contributed by atoms with Crippen molar-refractivity contribution in [1.82, 2.24) is 9.88 Å². The van der Waals surface area contributed by atoms with Crippen LogP contribution in [0, 0.1) is 0 Å². The summed E-state index contributed by atoms with van der Waals surface area (Å²) in [7, 11) is 0. The van der Waals surface area contributed by atoms with Crippen molar-refractivity contribution in [2.75, 3.05) is 12.3 Å². The molecular formula is C17H21N3. The molecule has 0 amide bonds. The lowest BCUT2D eigenvalue weighted by atomic mass is 9.95. The Morgan fingerprint density at radius 1 is 1.10 bits per heavy atom. The van der Waals surface area contributed by atoms with E-state index in [0.717, 1.165) is 13.1 Å². The Morgan fingerprint density at radius 3 is 2.70 bits per heavy atom. The van der Waals surface area contributed by atoms with Crippen LogP contribution in [-0.2, 0) is 6.54 Å². The minimum absolute atomic E-state index is 0.469. The van der Waals surface area contributed by atoms with Gasteiger partial charge in [-0.3, -0.25) is 4.90 Å². The predicted octanol–water partition coefficient (Wildman–Crippen LogP) is 3.39. The second kappa shape index (κ2) is 6.06. The topological polar surface area (TPSA) is 42.1 Å². The first-order valence-electron chi connectivity index (χ1n) is 7.32. The molecule has 1 aromatic heterocycles. The smallest absolute Gasteiger partial charge is 0.123 e. The highest BCUT2D eigenvalue weighted by molar-refractivity contribution is 5.31. The van der Waals surface area contributed by atoms with Crippen molar-refractivity contribution >= 4 is 5.82 Å². The lowest BCUT2D eigenvalue weighted by Crippen LogP contribution is -2.33. The molecule has 0 saturated carbocycles. The number of pyridine rings is 1.